The van der Waals surface area contributed by atoms with E-state index in [9.17, 15) is 9.90 Å². The smallest absolute Gasteiger partial charge is 0.332 e. The summed E-state index contributed by atoms with van der Waals surface area (Å²) in [6, 6.07) is 16.4. The zero-order chi connectivity index (χ0) is 20.4. The average Bonchev–Trinajstić information content (AvgIpc) is 3.30. The molecule has 1 aliphatic rings. The largest absolute Gasteiger partial charge is 0.479 e. The number of thioether (sulfide) groups is 1. The molecule has 0 aliphatic carbocycles. The number of nitrogens with one attached hydrogen (secondary N) is 1. The number of benzene rings is 2. The lowest BCUT2D eigenvalue weighted by Gasteiger charge is -2.19. The summed E-state index contributed by atoms with van der Waals surface area (Å²) in [4.78, 5) is 20.3. The topological polar surface area (TPSA) is 65.4 Å². The number of rotatable bonds is 7. The minimum atomic E-state index is -1.14. The molecule has 2 aromatic carbocycles. The van der Waals surface area contributed by atoms with Crippen LogP contribution in [0.3, 0.4) is 0 Å². The van der Waals surface area contributed by atoms with Gasteiger partial charge in [-0.1, -0.05) is 42.5 Å². The third-order valence-corrected chi connectivity index (χ3v) is 6.66. The van der Waals surface area contributed by atoms with Gasteiger partial charge in [0.1, 0.15) is 0 Å². The Morgan fingerprint density at radius 1 is 1.28 bits per heavy atom. The number of aryl methyl sites for hydroxylation is 2. The molecule has 0 saturated heterocycles. The summed E-state index contributed by atoms with van der Waals surface area (Å²) in [5.74, 6) is -0.439. The highest BCUT2D eigenvalue weighted by molar-refractivity contribution is 8.14. The van der Waals surface area contributed by atoms with Crippen LogP contribution in [-0.2, 0) is 17.6 Å². The van der Waals surface area contributed by atoms with Crippen LogP contribution in [0.4, 0.5) is 0 Å². The van der Waals surface area contributed by atoms with Crippen LogP contribution in [0.25, 0.3) is 10.8 Å². The van der Waals surface area contributed by atoms with Gasteiger partial charge in [0.2, 0.25) is 0 Å². The maximum atomic E-state index is 12.2. The third kappa shape index (κ3) is 3.87. The second kappa shape index (κ2) is 7.91. The minimum Gasteiger partial charge on any atom is -0.479 e. The number of aliphatic carboxylic acids is 1. The van der Waals surface area contributed by atoms with Crippen molar-refractivity contribution in [2.45, 2.75) is 31.7 Å². The van der Waals surface area contributed by atoms with Gasteiger partial charge in [0.25, 0.3) is 0 Å². The molecule has 0 amide bonds. The van der Waals surface area contributed by atoms with E-state index < -0.39 is 11.5 Å². The molecular weight excluding hydrogens is 380 g/mol. The monoisotopic (exact) mass is 404 g/mol. The number of hydrogen-bond acceptors (Lipinski definition) is 3. The molecule has 1 atom stereocenters. The average molecular weight is 405 g/mol. The summed E-state index contributed by atoms with van der Waals surface area (Å²) >= 11 is 1.53. The van der Waals surface area contributed by atoms with E-state index in [0.29, 0.717) is 12.2 Å². The maximum Gasteiger partial charge on any atom is 0.332 e. The summed E-state index contributed by atoms with van der Waals surface area (Å²) in [7, 11) is 0. The van der Waals surface area contributed by atoms with E-state index in [2.05, 4.69) is 41.9 Å². The Morgan fingerprint density at radius 3 is 2.83 bits per heavy atom. The number of aliphatic imine (C=N–C) groups is 1. The van der Waals surface area contributed by atoms with Crippen LogP contribution in [0.5, 0.6) is 0 Å². The summed E-state index contributed by atoms with van der Waals surface area (Å²) in [5.41, 5.74) is 3.06. The fraction of sp³-hybridized carbons (Fsp3) is 0.250. The summed E-state index contributed by atoms with van der Waals surface area (Å²) in [5, 5.41) is 13.1. The molecule has 29 heavy (non-hydrogen) atoms. The highest BCUT2D eigenvalue weighted by atomic mass is 32.2. The maximum absolute atomic E-state index is 12.2. The minimum absolute atomic E-state index is 0.362. The number of carboxylic acids is 1. The molecule has 0 bridgehead atoms. The van der Waals surface area contributed by atoms with Gasteiger partial charge >= 0.3 is 5.97 Å². The third-order valence-electron chi connectivity index (χ3n) is 5.44. The molecule has 1 unspecified atom stereocenters. The van der Waals surface area contributed by atoms with Crippen molar-refractivity contribution >= 4 is 33.5 Å². The number of aromatic amines is 1. The fourth-order valence-electron chi connectivity index (χ4n) is 3.80. The van der Waals surface area contributed by atoms with Gasteiger partial charge in [-0.05, 0) is 48.2 Å². The summed E-state index contributed by atoms with van der Waals surface area (Å²) < 4.78 is 0. The lowest BCUT2D eigenvalue weighted by molar-refractivity contribution is -0.142. The first-order valence-electron chi connectivity index (χ1n) is 9.74. The van der Waals surface area contributed by atoms with Crippen LogP contribution in [-0.4, -0.2) is 32.4 Å². The number of hydrogen-bond donors (Lipinski definition) is 2. The fourth-order valence-corrected chi connectivity index (χ4v) is 4.99. The summed E-state index contributed by atoms with van der Waals surface area (Å²) in [6.07, 6.45) is 4.08. The van der Waals surface area contributed by atoms with Gasteiger partial charge in [0.05, 0.1) is 5.04 Å². The molecule has 4 rings (SSSR count). The Bertz CT molecular complexity index is 1120. The van der Waals surface area contributed by atoms with Gasteiger partial charge in [0.15, 0.2) is 5.54 Å². The Kier molecular flexibility index (Phi) is 5.33. The molecule has 2 N–H and O–H groups in total. The van der Waals surface area contributed by atoms with Crippen molar-refractivity contribution in [3.63, 3.8) is 0 Å². The molecule has 0 spiro atoms. The molecule has 3 aromatic rings. The van der Waals surface area contributed by atoms with Crippen LogP contribution in [0.2, 0.25) is 0 Å². The molecule has 0 radical (unpaired) electrons. The number of carbonyl (C=O) groups is 1. The number of H-pyrrole nitrogens is 1. The lowest BCUT2D eigenvalue weighted by atomic mass is 9.96. The molecular formula is C24H24N2O2S. The normalized spacial score (nSPS) is 18.7. The first-order chi connectivity index (χ1) is 14.0. The van der Waals surface area contributed by atoms with Crippen molar-refractivity contribution in [1.82, 2.24) is 4.98 Å². The lowest BCUT2D eigenvalue weighted by Crippen LogP contribution is -2.39. The number of carboxylic acid groups (broad SMARTS) is 1. The van der Waals surface area contributed by atoms with E-state index in [1.165, 1.54) is 22.7 Å². The zero-order valence-corrected chi connectivity index (χ0v) is 17.3. The van der Waals surface area contributed by atoms with Gasteiger partial charge in [-0.3, -0.25) is 4.99 Å². The molecule has 148 valence electrons. The van der Waals surface area contributed by atoms with Crippen LogP contribution < -0.4 is 0 Å². The predicted octanol–water partition coefficient (Wildman–Crippen LogP) is 5.15. The first-order valence-corrected chi connectivity index (χ1v) is 10.7. The van der Waals surface area contributed by atoms with Crippen molar-refractivity contribution in [2.75, 3.05) is 5.75 Å². The van der Waals surface area contributed by atoms with E-state index in [4.69, 9.17) is 4.99 Å². The standard InChI is InChI=1S/C24H24N2O2S/c1-3-4-7-18-13-21(25-16(18)2)14-24(23(27)28)15-29-22(26-24)20-11-10-17-8-5-6-9-19(17)12-20/h3,5-6,8-13,25H,1,4,7,14-15H2,2H3,(H,27,28). The Labute approximate surface area is 174 Å². The first kappa shape index (κ1) is 19.5. The van der Waals surface area contributed by atoms with Crippen LogP contribution in [0, 0.1) is 6.92 Å². The Morgan fingerprint density at radius 2 is 2.07 bits per heavy atom. The number of allylic oxidation sites excluding steroid dienone is 1. The van der Waals surface area contributed by atoms with E-state index in [0.717, 1.165) is 40.2 Å². The molecule has 4 nitrogen and oxygen atoms in total. The van der Waals surface area contributed by atoms with Gasteiger partial charge in [0, 0.05) is 29.1 Å². The number of nitrogens with zero attached hydrogens (tertiary/aromatic N) is 1. The van der Waals surface area contributed by atoms with Crippen molar-refractivity contribution in [3.05, 3.63) is 83.7 Å². The van der Waals surface area contributed by atoms with E-state index in [1.807, 2.05) is 31.2 Å². The van der Waals surface area contributed by atoms with Crippen LogP contribution in [0.1, 0.15) is 28.9 Å². The SMILES string of the molecule is C=CCCc1cc(CC2(C(=O)O)CSC(c3ccc4ccccc4c3)=N2)[nH]c1C. The van der Waals surface area contributed by atoms with Gasteiger partial charge < -0.3 is 10.1 Å². The Hall–Kier alpha value is -2.79. The van der Waals surface area contributed by atoms with Crippen LogP contribution in [0.15, 0.2) is 66.2 Å². The van der Waals surface area contributed by atoms with E-state index in [-0.39, 0.29) is 0 Å². The highest BCUT2D eigenvalue weighted by Gasteiger charge is 2.44. The zero-order valence-electron chi connectivity index (χ0n) is 16.4. The van der Waals surface area contributed by atoms with E-state index in [1.54, 1.807) is 0 Å². The second-order valence-corrected chi connectivity index (χ2v) is 8.52. The Balaban J connectivity index is 1.64. The van der Waals surface area contributed by atoms with Gasteiger partial charge in [-0.15, -0.1) is 18.3 Å². The van der Waals surface area contributed by atoms with Crippen molar-refractivity contribution in [3.8, 4) is 0 Å². The van der Waals surface area contributed by atoms with E-state index >= 15 is 0 Å². The van der Waals surface area contributed by atoms with Gasteiger partial charge in [-0.25, -0.2) is 4.79 Å². The molecule has 0 fully saturated rings. The highest BCUT2D eigenvalue weighted by Crippen LogP contribution is 2.35. The number of fused-ring (bicyclic) bond motifs is 1. The number of aromatic nitrogens is 1. The molecule has 1 aromatic heterocycles. The molecule has 2 heterocycles. The molecule has 5 heteroatoms. The van der Waals surface area contributed by atoms with Crippen molar-refractivity contribution in [2.24, 2.45) is 4.99 Å². The van der Waals surface area contributed by atoms with Gasteiger partial charge in [-0.2, -0.15) is 0 Å². The molecule has 0 saturated carbocycles. The van der Waals surface area contributed by atoms with Crippen molar-refractivity contribution < 1.29 is 9.90 Å². The second-order valence-electron chi connectivity index (χ2n) is 7.55. The quantitative estimate of drug-likeness (QED) is 0.535. The predicted molar refractivity (Wildman–Crippen MR) is 121 cm³/mol. The summed E-state index contributed by atoms with van der Waals surface area (Å²) in [6.45, 7) is 5.81. The molecule has 1 aliphatic heterocycles. The van der Waals surface area contributed by atoms with Crippen LogP contribution >= 0.6 is 11.8 Å². The van der Waals surface area contributed by atoms with Crippen molar-refractivity contribution in [1.29, 1.82) is 0 Å².